The number of carbonyl (C=O) groups excluding carboxylic acids is 1. The molecule has 0 saturated carbocycles. The van der Waals surface area contributed by atoms with Crippen LogP contribution in [0.25, 0.3) is 11.1 Å². The van der Waals surface area contributed by atoms with Gasteiger partial charge in [-0.25, -0.2) is 22.0 Å². The van der Waals surface area contributed by atoms with Crippen LogP contribution in [0.15, 0.2) is 47.4 Å². The molecular formula is C21H20F2O4S. The highest BCUT2D eigenvalue weighted by Gasteiger charge is 2.44. The van der Waals surface area contributed by atoms with Gasteiger partial charge in [0.15, 0.2) is 21.5 Å². The topological polar surface area (TPSA) is 60.4 Å². The Morgan fingerprint density at radius 3 is 2.14 bits per heavy atom. The predicted molar refractivity (Wildman–Crippen MR) is 102 cm³/mol. The Bertz CT molecular complexity index is 1070. The Morgan fingerprint density at radius 2 is 1.61 bits per heavy atom. The molecule has 1 atom stereocenters. The molecule has 28 heavy (non-hydrogen) atoms. The molecule has 0 amide bonds. The lowest BCUT2D eigenvalue weighted by Crippen LogP contribution is -2.27. The molecule has 0 aliphatic carbocycles. The fourth-order valence-electron chi connectivity index (χ4n) is 3.56. The molecule has 0 radical (unpaired) electrons. The third-order valence-corrected chi connectivity index (χ3v) is 5.94. The molecule has 148 valence electrons. The van der Waals surface area contributed by atoms with Crippen LogP contribution in [0.2, 0.25) is 0 Å². The first-order chi connectivity index (χ1) is 13.1. The van der Waals surface area contributed by atoms with Gasteiger partial charge in [0.2, 0.25) is 0 Å². The highest BCUT2D eigenvalue weighted by Crippen LogP contribution is 2.46. The van der Waals surface area contributed by atoms with Crippen LogP contribution >= 0.6 is 0 Å². The fraction of sp³-hybridized carbons (Fsp3) is 0.286. The van der Waals surface area contributed by atoms with Gasteiger partial charge in [0.25, 0.3) is 0 Å². The zero-order valence-electron chi connectivity index (χ0n) is 15.8. The number of hydrogen-bond acceptors (Lipinski definition) is 4. The quantitative estimate of drug-likeness (QED) is 0.691. The number of hydrogen-bond donors (Lipinski definition) is 0. The summed E-state index contributed by atoms with van der Waals surface area (Å²) < 4.78 is 56.3. The maximum Gasteiger partial charge on any atom is 0.340 e. The Labute approximate surface area is 162 Å². The number of cyclic esters (lactones) is 1. The van der Waals surface area contributed by atoms with Crippen molar-refractivity contribution in [1.82, 2.24) is 0 Å². The molecule has 0 bridgehead atoms. The summed E-state index contributed by atoms with van der Waals surface area (Å²) in [5.74, 6) is -2.69. The zero-order chi connectivity index (χ0) is 20.7. The molecule has 0 fully saturated rings. The van der Waals surface area contributed by atoms with Crippen LogP contribution in [0.5, 0.6) is 0 Å². The average molecular weight is 406 g/mol. The molecule has 0 spiro atoms. The van der Waals surface area contributed by atoms with Crippen molar-refractivity contribution >= 4 is 27.0 Å². The van der Waals surface area contributed by atoms with Crippen LogP contribution in [0.3, 0.4) is 0 Å². The molecule has 1 aliphatic heterocycles. The third-order valence-electron chi connectivity index (χ3n) is 4.81. The lowest BCUT2D eigenvalue weighted by molar-refractivity contribution is -0.143. The SMILES string of the molecule is CCCC1(C)OC(=O)C(c2ccc(F)c(F)c2)=C1c1ccc(S(C)(=O)=O)cc1. The van der Waals surface area contributed by atoms with Crippen molar-refractivity contribution in [3.8, 4) is 0 Å². The van der Waals surface area contributed by atoms with Crippen LogP contribution in [-0.4, -0.2) is 26.2 Å². The molecule has 1 heterocycles. The van der Waals surface area contributed by atoms with E-state index in [0.717, 1.165) is 24.8 Å². The van der Waals surface area contributed by atoms with Gasteiger partial charge < -0.3 is 4.74 Å². The predicted octanol–water partition coefficient (Wildman–Crippen LogP) is 4.39. The van der Waals surface area contributed by atoms with Crippen molar-refractivity contribution in [2.45, 2.75) is 37.2 Å². The summed E-state index contributed by atoms with van der Waals surface area (Å²) in [4.78, 5) is 12.8. The molecule has 0 N–H and O–H groups in total. The minimum absolute atomic E-state index is 0.147. The molecular weight excluding hydrogens is 386 g/mol. The first kappa shape index (κ1) is 20.2. The lowest BCUT2D eigenvalue weighted by atomic mass is 9.83. The summed E-state index contributed by atoms with van der Waals surface area (Å²) in [5.41, 5.74) is 0.533. The second-order valence-corrected chi connectivity index (χ2v) is 9.06. The summed E-state index contributed by atoms with van der Waals surface area (Å²) in [6.07, 6.45) is 2.35. The number of sulfone groups is 1. The molecule has 1 unspecified atom stereocenters. The fourth-order valence-corrected chi connectivity index (χ4v) is 4.19. The van der Waals surface area contributed by atoms with Crippen LogP contribution < -0.4 is 0 Å². The molecule has 0 aromatic heterocycles. The largest absolute Gasteiger partial charge is 0.451 e. The lowest BCUT2D eigenvalue weighted by Gasteiger charge is -2.26. The maximum atomic E-state index is 13.8. The molecule has 1 aliphatic rings. The summed E-state index contributed by atoms with van der Waals surface area (Å²) in [5, 5.41) is 0. The Kier molecular flexibility index (Phi) is 5.14. The van der Waals surface area contributed by atoms with E-state index >= 15 is 0 Å². The van der Waals surface area contributed by atoms with Gasteiger partial charge in [-0.05, 0) is 48.7 Å². The molecule has 2 aromatic rings. The summed E-state index contributed by atoms with van der Waals surface area (Å²) in [6, 6.07) is 9.37. The Morgan fingerprint density at radius 1 is 1.00 bits per heavy atom. The van der Waals surface area contributed by atoms with Gasteiger partial charge in [0.05, 0.1) is 10.5 Å². The minimum atomic E-state index is -3.37. The molecule has 3 rings (SSSR count). The molecule has 7 heteroatoms. The zero-order valence-corrected chi connectivity index (χ0v) is 16.6. The molecule has 0 saturated heterocycles. The standard InChI is InChI=1S/C21H20F2O4S/c1-4-11-21(2)19(13-5-8-15(9-6-13)28(3,25)26)18(20(24)27-21)14-7-10-16(22)17(23)12-14/h5-10,12H,4,11H2,1-3H3. The second-order valence-electron chi connectivity index (χ2n) is 7.05. The van der Waals surface area contributed by atoms with Crippen molar-refractivity contribution < 1.29 is 26.7 Å². The van der Waals surface area contributed by atoms with Crippen molar-refractivity contribution in [2.24, 2.45) is 0 Å². The van der Waals surface area contributed by atoms with E-state index in [9.17, 15) is 22.0 Å². The van der Waals surface area contributed by atoms with E-state index in [-0.39, 0.29) is 16.0 Å². The highest BCUT2D eigenvalue weighted by atomic mass is 32.2. The van der Waals surface area contributed by atoms with Gasteiger partial charge in [-0.2, -0.15) is 0 Å². The average Bonchev–Trinajstić information content (AvgIpc) is 2.87. The maximum absolute atomic E-state index is 13.8. The van der Waals surface area contributed by atoms with Crippen LogP contribution in [0.4, 0.5) is 8.78 Å². The highest BCUT2D eigenvalue weighted by molar-refractivity contribution is 7.90. The first-order valence-electron chi connectivity index (χ1n) is 8.81. The van der Waals surface area contributed by atoms with Gasteiger partial charge in [-0.1, -0.05) is 31.5 Å². The number of benzene rings is 2. The van der Waals surface area contributed by atoms with E-state index in [1.54, 1.807) is 19.1 Å². The van der Waals surface area contributed by atoms with Crippen molar-refractivity contribution in [1.29, 1.82) is 0 Å². The molecule has 4 nitrogen and oxygen atoms in total. The number of halogens is 2. The Hall–Kier alpha value is -2.54. The van der Waals surface area contributed by atoms with Gasteiger partial charge in [0.1, 0.15) is 5.60 Å². The van der Waals surface area contributed by atoms with Crippen molar-refractivity contribution in [3.63, 3.8) is 0 Å². The summed E-state index contributed by atoms with van der Waals surface area (Å²) in [6.45, 7) is 3.71. The van der Waals surface area contributed by atoms with E-state index in [1.807, 2.05) is 6.92 Å². The summed E-state index contributed by atoms with van der Waals surface area (Å²) in [7, 11) is -3.37. The van der Waals surface area contributed by atoms with E-state index in [1.165, 1.54) is 18.2 Å². The minimum Gasteiger partial charge on any atom is -0.451 e. The van der Waals surface area contributed by atoms with Gasteiger partial charge >= 0.3 is 5.97 Å². The van der Waals surface area contributed by atoms with E-state index in [4.69, 9.17) is 4.74 Å². The smallest absolute Gasteiger partial charge is 0.340 e. The number of ether oxygens (including phenoxy) is 1. The Balaban J connectivity index is 2.25. The molecule has 2 aromatic carbocycles. The number of rotatable bonds is 5. The van der Waals surface area contributed by atoms with Crippen LogP contribution in [0, 0.1) is 11.6 Å². The van der Waals surface area contributed by atoms with Gasteiger partial charge in [0, 0.05) is 11.8 Å². The monoisotopic (exact) mass is 406 g/mol. The van der Waals surface area contributed by atoms with E-state index in [2.05, 4.69) is 0 Å². The normalized spacial score (nSPS) is 19.8. The van der Waals surface area contributed by atoms with Crippen molar-refractivity contribution in [2.75, 3.05) is 6.26 Å². The third kappa shape index (κ3) is 3.58. The van der Waals surface area contributed by atoms with Crippen LogP contribution in [0.1, 0.15) is 37.8 Å². The van der Waals surface area contributed by atoms with E-state index < -0.39 is 33.0 Å². The van der Waals surface area contributed by atoms with Crippen molar-refractivity contribution in [3.05, 3.63) is 65.2 Å². The number of carbonyl (C=O) groups is 1. The van der Waals surface area contributed by atoms with Gasteiger partial charge in [-0.3, -0.25) is 0 Å². The van der Waals surface area contributed by atoms with Crippen LogP contribution in [-0.2, 0) is 19.4 Å². The number of esters is 1. The van der Waals surface area contributed by atoms with Gasteiger partial charge in [-0.15, -0.1) is 0 Å². The summed E-state index contributed by atoms with van der Waals surface area (Å²) >= 11 is 0. The first-order valence-corrected chi connectivity index (χ1v) is 10.7. The van der Waals surface area contributed by atoms with E-state index in [0.29, 0.717) is 17.6 Å². The second kappa shape index (κ2) is 7.13.